The highest BCUT2D eigenvalue weighted by Crippen LogP contribution is 2.19. The highest BCUT2D eigenvalue weighted by Gasteiger charge is 2.01. The molecule has 0 atom stereocenters. The lowest BCUT2D eigenvalue weighted by molar-refractivity contribution is -0.670. The van der Waals surface area contributed by atoms with Crippen molar-refractivity contribution in [3.8, 4) is 0 Å². The van der Waals surface area contributed by atoms with Crippen molar-refractivity contribution in [1.82, 2.24) is 0 Å². The van der Waals surface area contributed by atoms with Gasteiger partial charge in [0.1, 0.15) is 6.54 Å². The molecular weight excluding hydrogens is 205 g/mol. The third kappa shape index (κ3) is 3.55. The molecular formula is C10H14Cl2N+. The number of nitrogens with two attached hydrogens (primary N) is 1. The van der Waals surface area contributed by atoms with Gasteiger partial charge in [0.2, 0.25) is 0 Å². The summed E-state index contributed by atoms with van der Waals surface area (Å²) in [6.45, 7) is 4.24. The normalized spacial score (nSPS) is 10.4. The van der Waals surface area contributed by atoms with E-state index in [2.05, 4.69) is 12.2 Å². The second kappa shape index (κ2) is 5.48. The molecule has 1 nitrogen and oxygen atoms in total. The Balaban J connectivity index is 2.56. The lowest BCUT2D eigenvalue weighted by Crippen LogP contribution is -2.82. The Morgan fingerprint density at radius 3 is 2.69 bits per heavy atom. The highest BCUT2D eigenvalue weighted by atomic mass is 35.5. The van der Waals surface area contributed by atoms with E-state index in [1.54, 1.807) is 6.07 Å². The predicted molar refractivity (Wildman–Crippen MR) is 57.2 cm³/mol. The van der Waals surface area contributed by atoms with Gasteiger partial charge in [0.25, 0.3) is 0 Å². The topological polar surface area (TPSA) is 16.6 Å². The SMILES string of the molecule is CCC[NH2+]Cc1ccc(Cl)cc1Cl. The van der Waals surface area contributed by atoms with Gasteiger partial charge in [-0.15, -0.1) is 0 Å². The Bertz CT molecular complexity index is 274. The van der Waals surface area contributed by atoms with Crippen LogP contribution in [0.15, 0.2) is 18.2 Å². The first kappa shape index (κ1) is 10.8. The molecule has 1 rings (SSSR count). The number of rotatable bonds is 4. The molecule has 0 heterocycles. The van der Waals surface area contributed by atoms with Gasteiger partial charge < -0.3 is 5.32 Å². The van der Waals surface area contributed by atoms with Crippen LogP contribution in [0.2, 0.25) is 10.0 Å². The van der Waals surface area contributed by atoms with Crippen molar-refractivity contribution >= 4 is 23.2 Å². The van der Waals surface area contributed by atoms with Crippen LogP contribution in [0.4, 0.5) is 0 Å². The third-order valence-corrected chi connectivity index (χ3v) is 2.46. The Labute approximate surface area is 89.0 Å². The fraction of sp³-hybridized carbons (Fsp3) is 0.400. The quantitative estimate of drug-likeness (QED) is 0.749. The summed E-state index contributed by atoms with van der Waals surface area (Å²) in [5.41, 5.74) is 1.15. The Morgan fingerprint density at radius 2 is 2.08 bits per heavy atom. The summed E-state index contributed by atoms with van der Waals surface area (Å²) in [4.78, 5) is 0. The molecule has 0 spiro atoms. The molecule has 72 valence electrons. The number of hydrogen-bond donors (Lipinski definition) is 1. The van der Waals surface area contributed by atoms with Gasteiger partial charge in [-0.05, 0) is 18.6 Å². The van der Waals surface area contributed by atoms with Crippen molar-refractivity contribution in [2.75, 3.05) is 6.54 Å². The van der Waals surface area contributed by atoms with Crippen molar-refractivity contribution in [2.45, 2.75) is 19.9 Å². The van der Waals surface area contributed by atoms with Crippen molar-refractivity contribution in [3.05, 3.63) is 33.8 Å². The highest BCUT2D eigenvalue weighted by molar-refractivity contribution is 6.35. The number of benzene rings is 1. The molecule has 0 aliphatic rings. The first-order chi connectivity index (χ1) is 6.24. The average molecular weight is 219 g/mol. The van der Waals surface area contributed by atoms with Gasteiger partial charge in [-0.25, -0.2) is 0 Å². The summed E-state index contributed by atoms with van der Waals surface area (Å²) >= 11 is 11.8. The summed E-state index contributed by atoms with van der Waals surface area (Å²) in [6.07, 6.45) is 1.19. The zero-order chi connectivity index (χ0) is 9.68. The van der Waals surface area contributed by atoms with E-state index >= 15 is 0 Å². The largest absolute Gasteiger partial charge is 0.342 e. The summed E-state index contributed by atoms with van der Waals surface area (Å²) < 4.78 is 0. The predicted octanol–water partition coefficient (Wildman–Crippen LogP) is 2.47. The van der Waals surface area contributed by atoms with E-state index in [4.69, 9.17) is 23.2 Å². The zero-order valence-electron chi connectivity index (χ0n) is 7.69. The molecule has 0 saturated heterocycles. The molecule has 0 amide bonds. The van der Waals surface area contributed by atoms with Crippen LogP contribution in [0.3, 0.4) is 0 Å². The van der Waals surface area contributed by atoms with Crippen molar-refractivity contribution in [2.24, 2.45) is 0 Å². The van der Waals surface area contributed by atoms with Crippen LogP contribution in [0.25, 0.3) is 0 Å². The van der Waals surface area contributed by atoms with Gasteiger partial charge in [0.15, 0.2) is 0 Å². The molecule has 0 aliphatic heterocycles. The van der Waals surface area contributed by atoms with Crippen LogP contribution in [0.1, 0.15) is 18.9 Å². The number of halogens is 2. The molecule has 0 radical (unpaired) electrons. The standard InChI is InChI=1S/C10H13Cl2N/c1-2-5-13-7-8-3-4-9(11)6-10(8)12/h3-4,6,13H,2,5,7H2,1H3/p+1. The summed E-state index contributed by atoms with van der Waals surface area (Å²) in [7, 11) is 0. The molecule has 13 heavy (non-hydrogen) atoms. The van der Waals surface area contributed by atoms with Crippen LogP contribution in [0, 0.1) is 0 Å². The summed E-state index contributed by atoms with van der Waals surface area (Å²) in [6, 6.07) is 5.65. The van der Waals surface area contributed by atoms with Gasteiger partial charge in [-0.3, -0.25) is 0 Å². The maximum Gasteiger partial charge on any atom is 0.103 e. The van der Waals surface area contributed by atoms with Crippen LogP contribution in [0.5, 0.6) is 0 Å². The second-order valence-corrected chi connectivity index (χ2v) is 3.86. The van der Waals surface area contributed by atoms with E-state index in [1.165, 1.54) is 6.42 Å². The molecule has 2 N–H and O–H groups in total. The van der Waals surface area contributed by atoms with Gasteiger partial charge in [-0.1, -0.05) is 36.2 Å². The van der Waals surface area contributed by atoms with Gasteiger partial charge in [-0.2, -0.15) is 0 Å². The monoisotopic (exact) mass is 218 g/mol. The van der Waals surface area contributed by atoms with Crippen LogP contribution in [-0.2, 0) is 6.54 Å². The molecule has 0 saturated carbocycles. The average Bonchev–Trinajstić information content (AvgIpc) is 2.09. The molecule has 1 aromatic carbocycles. The molecule has 0 bridgehead atoms. The summed E-state index contributed by atoms with van der Waals surface area (Å²) in [5, 5.41) is 3.71. The van der Waals surface area contributed by atoms with E-state index < -0.39 is 0 Å². The van der Waals surface area contributed by atoms with Crippen LogP contribution in [-0.4, -0.2) is 6.54 Å². The van der Waals surface area contributed by atoms with Gasteiger partial charge in [0.05, 0.1) is 11.6 Å². The number of hydrogen-bond acceptors (Lipinski definition) is 0. The van der Waals surface area contributed by atoms with E-state index in [1.807, 2.05) is 12.1 Å². The first-order valence-corrected chi connectivity index (χ1v) is 5.25. The van der Waals surface area contributed by atoms with E-state index in [0.29, 0.717) is 5.02 Å². The van der Waals surface area contributed by atoms with Crippen molar-refractivity contribution in [1.29, 1.82) is 0 Å². The minimum absolute atomic E-state index is 0.698. The fourth-order valence-electron chi connectivity index (χ4n) is 1.15. The minimum atomic E-state index is 0.698. The Morgan fingerprint density at radius 1 is 1.31 bits per heavy atom. The van der Waals surface area contributed by atoms with Crippen LogP contribution < -0.4 is 5.32 Å². The zero-order valence-corrected chi connectivity index (χ0v) is 9.20. The molecule has 0 fully saturated rings. The third-order valence-electron chi connectivity index (χ3n) is 1.87. The van der Waals surface area contributed by atoms with E-state index in [-0.39, 0.29) is 0 Å². The molecule has 0 unspecified atom stereocenters. The van der Waals surface area contributed by atoms with Crippen molar-refractivity contribution in [3.63, 3.8) is 0 Å². The smallest absolute Gasteiger partial charge is 0.103 e. The Hall–Kier alpha value is -0.240. The van der Waals surface area contributed by atoms with Gasteiger partial charge in [0, 0.05) is 10.6 Å². The molecule has 0 aromatic heterocycles. The van der Waals surface area contributed by atoms with E-state index in [9.17, 15) is 0 Å². The van der Waals surface area contributed by atoms with Crippen molar-refractivity contribution < 1.29 is 5.32 Å². The summed E-state index contributed by atoms with van der Waals surface area (Å²) in [5.74, 6) is 0. The molecule has 3 heteroatoms. The lowest BCUT2D eigenvalue weighted by atomic mass is 10.2. The van der Waals surface area contributed by atoms with Crippen LogP contribution >= 0.6 is 23.2 Å². The minimum Gasteiger partial charge on any atom is -0.342 e. The van der Waals surface area contributed by atoms with E-state index in [0.717, 1.165) is 23.7 Å². The first-order valence-electron chi connectivity index (χ1n) is 4.49. The fourth-order valence-corrected chi connectivity index (χ4v) is 1.63. The Kier molecular flexibility index (Phi) is 4.57. The maximum atomic E-state index is 6.00. The second-order valence-electron chi connectivity index (χ2n) is 3.02. The molecule has 0 aliphatic carbocycles. The molecule has 1 aromatic rings. The van der Waals surface area contributed by atoms with Gasteiger partial charge >= 0.3 is 0 Å². The maximum absolute atomic E-state index is 6.00. The number of quaternary nitrogens is 1. The lowest BCUT2D eigenvalue weighted by Gasteiger charge is -2.03.